The predicted octanol–water partition coefficient (Wildman–Crippen LogP) is 4.07. The number of carbonyl (C=O) groups excluding carboxylic acids is 1. The number of carbonyl (C=O) groups is 1. The van der Waals surface area contributed by atoms with Crippen LogP contribution in [0.3, 0.4) is 0 Å². The molecule has 0 spiro atoms. The highest BCUT2D eigenvalue weighted by Crippen LogP contribution is 2.29. The molecule has 4 rings (SSSR count). The number of nitrogens with one attached hydrogen (secondary N) is 2. The minimum atomic E-state index is -0.415. The van der Waals surface area contributed by atoms with E-state index < -0.39 is 6.03 Å². The van der Waals surface area contributed by atoms with Gasteiger partial charge in [-0.1, -0.05) is 6.07 Å². The lowest BCUT2D eigenvalue weighted by molar-refractivity contribution is 0.262. The summed E-state index contributed by atoms with van der Waals surface area (Å²) in [6.07, 6.45) is 3.34. The molecule has 28 heavy (non-hydrogen) atoms. The number of rotatable bonds is 3. The fourth-order valence-electron chi connectivity index (χ4n) is 2.90. The molecule has 4 aromatic rings. The number of halogens is 1. The van der Waals surface area contributed by atoms with Crippen molar-refractivity contribution in [3.8, 4) is 11.1 Å². The Morgan fingerprint density at radius 1 is 1.11 bits per heavy atom. The molecule has 2 amide bonds. The Bertz CT molecular complexity index is 1170. The van der Waals surface area contributed by atoms with E-state index in [2.05, 4.69) is 20.7 Å². The lowest BCUT2D eigenvalue weighted by Crippen LogP contribution is -2.19. The van der Waals surface area contributed by atoms with Gasteiger partial charge in [0.25, 0.3) is 0 Å². The average molecular weight is 376 g/mol. The number of benzene rings is 2. The molecule has 2 aromatic carbocycles. The van der Waals surface area contributed by atoms with Crippen LogP contribution in [-0.2, 0) is 0 Å². The summed E-state index contributed by atoms with van der Waals surface area (Å²) in [5.41, 5.74) is 10.5. The van der Waals surface area contributed by atoms with Gasteiger partial charge >= 0.3 is 6.03 Å². The Hall–Kier alpha value is -3.94. The summed E-state index contributed by atoms with van der Waals surface area (Å²) in [7, 11) is 0. The molecule has 2 aromatic heterocycles. The van der Waals surface area contributed by atoms with E-state index in [1.165, 1.54) is 24.3 Å². The number of amides is 2. The number of anilines is 3. The van der Waals surface area contributed by atoms with Crippen LogP contribution < -0.4 is 16.4 Å². The van der Waals surface area contributed by atoms with Crippen molar-refractivity contribution < 1.29 is 9.18 Å². The van der Waals surface area contributed by atoms with Crippen molar-refractivity contribution in [1.82, 2.24) is 14.6 Å². The van der Waals surface area contributed by atoms with E-state index in [4.69, 9.17) is 5.73 Å². The fourth-order valence-corrected chi connectivity index (χ4v) is 2.90. The molecule has 140 valence electrons. The van der Waals surface area contributed by atoms with E-state index in [1.807, 2.05) is 19.1 Å². The van der Waals surface area contributed by atoms with Crippen LogP contribution in [0.5, 0.6) is 0 Å². The molecule has 8 heteroatoms. The molecule has 0 fully saturated rings. The van der Waals surface area contributed by atoms with Crippen molar-refractivity contribution in [3.05, 3.63) is 72.3 Å². The largest absolute Gasteiger partial charge is 0.383 e. The number of nitrogen functional groups attached to an aromatic ring is 1. The van der Waals surface area contributed by atoms with Crippen LogP contribution in [0.4, 0.5) is 26.4 Å². The Morgan fingerprint density at radius 2 is 1.89 bits per heavy atom. The van der Waals surface area contributed by atoms with Gasteiger partial charge in [0, 0.05) is 29.2 Å². The summed E-state index contributed by atoms with van der Waals surface area (Å²) in [6.45, 7) is 1.88. The minimum Gasteiger partial charge on any atom is -0.383 e. The molecule has 2 heterocycles. The van der Waals surface area contributed by atoms with E-state index in [-0.39, 0.29) is 5.82 Å². The van der Waals surface area contributed by atoms with Crippen molar-refractivity contribution in [2.45, 2.75) is 6.92 Å². The fraction of sp³-hybridized carbons (Fsp3) is 0.0500. The zero-order chi connectivity index (χ0) is 19.7. The molecule has 0 radical (unpaired) electrons. The highest BCUT2D eigenvalue weighted by molar-refractivity contribution is 6.00. The number of urea groups is 1. The van der Waals surface area contributed by atoms with Crippen LogP contribution >= 0.6 is 0 Å². The highest BCUT2D eigenvalue weighted by Gasteiger charge is 2.11. The second kappa shape index (κ2) is 6.99. The van der Waals surface area contributed by atoms with Crippen LogP contribution in [0, 0.1) is 12.7 Å². The Morgan fingerprint density at radius 3 is 2.64 bits per heavy atom. The number of hydrogen-bond acceptors (Lipinski definition) is 4. The summed E-state index contributed by atoms with van der Waals surface area (Å²) >= 11 is 0. The highest BCUT2D eigenvalue weighted by atomic mass is 19.1. The molecular formula is C20H17FN6O. The van der Waals surface area contributed by atoms with Crippen LogP contribution in [0.25, 0.3) is 16.8 Å². The quantitative estimate of drug-likeness (QED) is 0.502. The number of hydrogen-bond donors (Lipinski definition) is 3. The maximum atomic E-state index is 13.0. The number of nitrogens with zero attached hydrogens (tertiary/aromatic N) is 3. The molecule has 0 unspecified atom stereocenters. The first-order chi connectivity index (χ1) is 13.5. The Balaban J connectivity index is 1.54. The number of aromatic nitrogens is 3. The molecule has 0 bridgehead atoms. The summed E-state index contributed by atoms with van der Waals surface area (Å²) in [5, 5.41) is 9.61. The molecule has 0 atom stereocenters. The van der Waals surface area contributed by atoms with E-state index in [9.17, 15) is 9.18 Å². The van der Waals surface area contributed by atoms with Gasteiger partial charge < -0.3 is 16.4 Å². The van der Waals surface area contributed by atoms with Crippen molar-refractivity contribution in [1.29, 1.82) is 0 Å². The first kappa shape index (κ1) is 17.5. The van der Waals surface area contributed by atoms with Crippen molar-refractivity contribution >= 4 is 28.9 Å². The molecule has 0 aliphatic rings. The van der Waals surface area contributed by atoms with Gasteiger partial charge in [-0.15, -0.1) is 0 Å². The Labute approximate surface area is 160 Å². The predicted molar refractivity (Wildman–Crippen MR) is 107 cm³/mol. The van der Waals surface area contributed by atoms with Crippen LogP contribution in [0.2, 0.25) is 0 Å². The average Bonchev–Trinajstić information content (AvgIpc) is 3.15. The second-order valence-electron chi connectivity index (χ2n) is 6.27. The topological polar surface area (TPSA) is 97.3 Å². The first-order valence-corrected chi connectivity index (χ1v) is 8.54. The van der Waals surface area contributed by atoms with Crippen LogP contribution in [0.15, 0.2) is 60.9 Å². The van der Waals surface area contributed by atoms with Gasteiger partial charge in [-0.25, -0.2) is 14.2 Å². The van der Waals surface area contributed by atoms with Gasteiger partial charge in [0.15, 0.2) is 5.65 Å². The lowest BCUT2D eigenvalue weighted by atomic mass is 10.0. The molecule has 7 nitrogen and oxygen atoms in total. The lowest BCUT2D eigenvalue weighted by Gasteiger charge is -2.12. The second-order valence-corrected chi connectivity index (χ2v) is 6.27. The summed E-state index contributed by atoms with van der Waals surface area (Å²) < 4.78 is 14.5. The maximum absolute atomic E-state index is 13.0. The van der Waals surface area contributed by atoms with Crippen LogP contribution in [0.1, 0.15) is 5.56 Å². The smallest absolute Gasteiger partial charge is 0.323 e. The van der Waals surface area contributed by atoms with Gasteiger partial charge in [0.2, 0.25) is 0 Å². The molecule has 4 N–H and O–H groups in total. The van der Waals surface area contributed by atoms with E-state index in [0.29, 0.717) is 22.8 Å². The van der Waals surface area contributed by atoms with Crippen LogP contribution in [-0.4, -0.2) is 20.6 Å². The SMILES string of the molecule is Cc1cc(-c2cnc3ccnn3c2N)ccc1NC(=O)Nc1ccc(F)cc1. The normalized spacial score (nSPS) is 10.8. The van der Waals surface area contributed by atoms with E-state index in [0.717, 1.165) is 16.7 Å². The van der Waals surface area contributed by atoms with E-state index >= 15 is 0 Å². The van der Waals surface area contributed by atoms with Gasteiger partial charge in [0.05, 0.1) is 6.20 Å². The third kappa shape index (κ3) is 3.35. The molecule has 0 aliphatic carbocycles. The van der Waals surface area contributed by atoms with Crippen molar-refractivity contribution in [2.24, 2.45) is 0 Å². The summed E-state index contributed by atoms with van der Waals surface area (Å²) in [5.74, 6) is 0.128. The van der Waals surface area contributed by atoms with Gasteiger partial charge in [-0.3, -0.25) is 0 Å². The summed E-state index contributed by atoms with van der Waals surface area (Å²) in [4.78, 5) is 16.5. The monoisotopic (exact) mass is 376 g/mol. The standard InChI is InChI=1S/C20H17FN6O/c1-12-10-13(16-11-23-18-8-9-24-27(18)19(16)22)2-7-17(12)26-20(28)25-15-5-3-14(21)4-6-15/h2-11H,22H2,1H3,(H2,25,26,28). The maximum Gasteiger partial charge on any atom is 0.323 e. The first-order valence-electron chi connectivity index (χ1n) is 8.54. The molecule has 0 aliphatic heterocycles. The van der Waals surface area contributed by atoms with Gasteiger partial charge in [-0.2, -0.15) is 9.61 Å². The molecule has 0 saturated heterocycles. The minimum absolute atomic E-state index is 0.362. The zero-order valence-corrected chi connectivity index (χ0v) is 15.0. The van der Waals surface area contributed by atoms with Crippen molar-refractivity contribution in [3.63, 3.8) is 0 Å². The summed E-state index contributed by atoms with van der Waals surface area (Å²) in [6, 6.07) is 12.5. The van der Waals surface area contributed by atoms with Gasteiger partial charge in [0.1, 0.15) is 11.6 Å². The molecule has 0 saturated carbocycles. The zero-order valence-electron chi connectivity index (χ0n) is 15.0. The van der Waals surface area contributed by atoms with E-state index in [1.54, 1.807) is 29.0 Å². The number of fused-ring (bicyclic) bond motifs is 1. The molecular weight excluding hydrogens is 359 g/mol. The third-order valence-corrected chi connectivity index (χ3v) is 4.34. The Kier molecular flexibility index (Phi) is 4.36. The van der Waals surface area contributed by atoms with Gasteiger partial charge in [-0.05, 0) is 54.4 Å². The number of nitrogens with two attached hydrogens (primary N) is 1. The third-order valence-electron chi connectivity index (χ3n) is 4.34. The van der Waals surface area contributed by atoms with Crippen molar-refractivity contribution in [2.75, 3.05) is 16.4 Å². The number of aryl methyl sites for hydroxylation is 1.